The van der Waals surface area contributed by atoms with Crippen molar-refractivity contribution in [3.05, 3.63) is 71.8 Å². The first-order valence-corrected chi connectivity index (χ1v) is 9.68. The highest BCUT2D eigenvalue weighted by atomic mass is 127. The van der Waals surface area contributed by atoms with E-state index in [4.69, 9.17) is 0 Å². The molecule has 0 spiro atoms. The van der Waals surface area contributed by atoms with Crippen LogP contribution in [0.1, 0.15) is 36.8 Å². The molecular weight excluding hydrogens is 514 g/mol. The van der Waals surface area contributed by atoms with Crippen LogP contribution in [0, 0.1) is 0 Å². The smallest absolute Gasteiger partial charge is 0.211 e. The molecule has 2 rings (SSSR count). The summed E-state index contributed by atoms with van der Waals surface area (Å²) >= 11 is 3.56. The average molecular weight is 532 g/mol. The highest BCUT2D eigenvalue weighted by molar-refractivity contribution is 14.1. The molecule has 0 saturated heterocycles. The van der Waals surface area contributed by atoms with E-state index in [0.29, 0.717) is 6.42 Å². The number of benzene rings is 2. The Labute approximate surface area is 164 Å². The molecule has 0 aliphatic carbocycles. The van der Waals surface area contributed by atoms with Crippen molar-refractivity contribution in [3.63, 3.8) is 0 Å². The Bertz CT molecular complexity index is 654. The predicted octanol–water partition coefficient (Wildman–Crippen LogP) is 5.43. The lowest BCUT2D eigenvalue weighted by Crippen LogP contribution is -2.40. The third-order valence-corrected chi connectivity index (χ3v) is 6.10. The van der Waals surface area contributed by atoms with Gasteiger partial charge in [0.2, 0.25) is 7.58 Å². The third kappa shape index (κ3) is 4.02. The minimum absolute atomic E-state index is 0.116. The van der Waals surface area contributed by atoms with Crippen molar-refractivity contribution in [3.8, 4) is 0 Å². The highest BCUT2D eigenvalue weighted by Gasteiger charge is 2.46. The van der Waals surface area contributed by atoms with E-state index in [2.05, 4.69) is 19.1 Å². The van der Waals surface area contributed by atoms with Crippen LogP contribution in [0.5, 0.6) is 0 Å². The second-order valence-corrected chi connectivity index (χ2v) is 7.50. The first-order valence-electron chi connectivity index (χ1n) is 7.52. The molecule has 120 valence electrons. The minimum atomic E-state index is -1.08. The van der Waals surface area contributed by atoms with E-state index in [9.17, 15) is 9.59 Å². The molecule has 0 heterocycles. The summed E-state index contributed by atoms with van der Waals surface area (Å²) in [6.45, 7) is 2.10. The number of carbonyl (C=O) groups excluding carboxylic acids is 2. The number of halogens is 2. The van der Waals surface area contributed by atoms with Gasteiger partial charge in [-0.3, -0.25) is 9.59 Å². The maximum absolute atomic E-state index is 12.6. The fraction of sp³-hybridized carbons (Fsp3) is 0.263. The van der Waals surface area contributed by atoms with Crippen LogP contribution in [-0.4, -0.2) is 7.58 Å². The first kappa shape index (κ1) is 18.6. The third-order valence-electron chi connectivity index (χ3n) is 4.25. The zero-order valence-corrected chi connectivity index (χ0v) is 17.2. The van der Waals surface area contributed by atoms with E-state index in [-0.39, 0.29) is 13.5 Å². The second-order valence-electron chi connectivity index (χ2n) is 5.54. The molecule has 0 aromatic heterocycles. The second kappa shape index (κ2) is 8.37. The normalized spacial score (nSPS) is 12.7. The summed E-state index contributed by atoms with van der Waals surface area (Å²) < 4.78 is -0.231. The Balaban J connectivity index is 2.50. The lowest BCUT2D eigenvalue weighted by molar-refractivity contribution is -0.124. The number of rotatable bonds is 7. The fourth-order valence-electron chi connectivity index (χ4n) is 2.90. The Morgan fingerprint density at radius 2 is 1.39 bits per heavy atom. The minimum Gasteiger partial charge on any atom is -0.286 e. The molecule has 0 saturated carbocycles. The van der Waals surface area contributed by atoms with E-state index in [1.54, 1.807) is 45.2 Å². The molecule has 0 fully saturated rings. The lowest BCUT2D eigenvalue weighted by Gasteiger charge is -2.31. The van der Waals surface area contributed by atoms with Gasteiger partial charge in [0.05, 0.1) is 0 Å². The van der Waals surface area contributed by atoms with E-state index >= 15 is 0 Å². The van der Waals surface area contributed by atoms with Gasteiger partial charge in [0.15, 0.2) is 0 Å². The molecule has 0 bridgehead atoms. The van der Waals surface area contributed by atoms with Crippen molar-refractivity contribution in [2.24, 2.45) is 0 Å². The van der Waals surface area contributed by atoms with Crippen molar-refractivity contribution in [1.82, 2.24) is 0 Å². The van der Waals surface area contributed by atoms with Gasteiger partial charge >= 0.3 is 0 Å². The molecule has 0 radical (unpaired) electrons. The van der Waals surface area contributed by atoms with Gasteiger partial charge < -0.3 is 0 Å². The molecule has 0 aliphatic rings. The Morgan fingerprint density at radius 3 is 1.83 bits per heavy atom. The number of carbonyl (C=O) groups is 2. The van der Waals surface area contributed by atoms with Gasteiger partial charge in [0, 0.05) is 45.2 Å². The average Bonchev–Trinajstić information content (AvgIpc) is 2.57. The van der Waals surface area contributed by atoms with Crippen molar-refractivity contribution < 1.29 is 9.59 Å². The Hall–Kier alpha value is -0.760. The van der Waals surface area contributed by atoms with Crippen LogP contribution in [0.2, 0.25) is 0 Å². The highest BCUT2D eigenvalue weighted by Crippen LogP contribution is 2.41. The molecule has 0 aliphatic heterocycles. The summed E-state index contributed by atoms with van der Waals surface area (Å²) in [6, 6.07) is 19.5. The molecule has 2 aromatic rings. The van der Waals surface area contributed by atoms with E-state index in [0.717, 1.165) is 12.0 Å². The lowest BCUT2D eigenvalue weighted by atomic mass is 9.73. The molecule has 1 atom stereocenters. The molecule has 4 heteroatoms. The summed E-state index contributed by atoms with van der Waals surface area (Å²) in [5.41, 5.74) is 0.873. The zero-order chi connectivity index (χ0) is 16.9. The van der Waals surface area contributed by atoms with Gasteiger partial charge in [-0.25, -0.2) is 0 Å². The maximum atomic E-state index is 12.6. The Kier molecular flexibility index (Phi) is 6.76. The Morgan fingerprint density at radius 1 is 0.913 bits per heavy atom. The molecule has 0 N–H and O–H groups in total. The SMILES string of the molecule is CCC(CC(C(=O)I)(C(=O)I)c1ccccc1)c1ccccc1. The van der Waals surface area contributed by atoms with Gasteiger partial charge in [-0.2, -0.15) is 0 Å². The molecule has 2 nitrogen and oxygen atoms in total. The van der Waals surface area contributed by atoms with Crippen molar-refractivity contribution in [2.45, 2.75) is 31.1 Å². The van der Waals surface area contributed by atoms with Crippen LogP contribution in [0.25, 0.3) is 0 Å². The van der Waals surface area contributed by atoms with Gasteiger partial charge in [-0.05, 0) is 29.9 Å². The molecule has 1 unspecified atom stereocenters. The van der Waals surface area contributed by atoms with Crippen LogP contribution in [0.15, 0.2) is 60.7 Å². The zero-order valence-electron chi connectivity index (χ0n) is 12.8. The van der Waals surface area contributed by atoms with Crippen LogP contribution in [0.3, 0.4) is 0 Å². The van der Waals surface area contributed by atoms with Gasteiger partial charge in [0.25, 0.3) is 0 Å². The van der Waals surface area contributed by atoms with Crippen LogP contribution in [-0.2, 0) is 15.0 Å². The van der Waals surface area contributed by atoms with E-state index in [1.807, 2.05) is 48.5 Å². The van der Waals surface area contributed by atoms with Gasteiger partial charge in [-0.1, -0.05) is 67.6 Å². The van der Waals surface area contributed by atoms with Crippen molar-refractivity contribution in [2.75, 3.05) is 0 Å². The molecule has 23 heavy (non-hydrogen) atoms. The summed E-state index contributed by atoms with van der Waals surface area (Å²) in [7, 11) is 0. The number of hydrogen-bond acceptors (Lipinski definition) is 2. The van der Waals surface area contributed by atoms with Crippen molar-refractivity contribution >= 4 is 52.8 Å². The fourth-order valence-corrected chi connectivity index (χ4v) is 4.97. The summed E-state index contributed by atoms with van der Waals surface area (Å²) in [6.07, 6.45) is 1.38. The van der Waals surface area contributed by atoms with Crippen LogP contribution in [0.4, 0.5) is 0 Å². The molecular formula is C19H18I2O2. The van der Waals surface area contributed by atoms with E-state index in [1.165, 1.54) is 5.56 Å². The predicted molar refractivity (Wildman–Crippen MR) is 110 cm³/mol. The summed E-state index contributed by atoms with van der Waals surface area (Å²) in [4.78, 5) is 25.1. The quantitative estimate of drug-likeness (QED) is 0.271. The van der Waals surface area contributed by atoms with Crippen LogP contribution < -0.4 is 0 Å². The van der Waals surface area contributed by atoms with E-state index < -0.39 is 5.41 Å². The molecule has 0 amide bonds. The summed E-state index contributed by atoms with van der Waals surface area (Å²) in [5.74, 6) is 0.161. The number of hydrogen-bond donors (Lipinski definition) is 0. The first-order chi connectivity index (χ1) is 11.0. The van der Waals surface area contributed by atoms with Crippen LogP contribution >= 0.6 is 45.2 Å². The monoisotopic (exact) mass is 532 g/mol. The largest absolute Gasteiger partial charge is 0.286 e. The van der Waals surface area contributed by atoms with Gasteiger partial charge in [-0.15, -0.1) is 0 Å². The summed E-state index contributed by atoms with van der Waals surface area (Å²) in [5, 5.41) is 0. The topological polar surface area (TPSA) is 34.1 Å². The molecule has 2 aromatic carbocycles. The van der Waals surface area contributed by atoms with Crippen molar-refractivity contribution in [1.29, 1.82) is 0 Å². The van der Waals surface area contributed by atoms with Gasteiger partial charge in [0.1, 0.15) is 5.41 Å². The standard InChI is InChI=1S/C19H18I2O2/c1-2-14(15-9-5-3-6-10-15)13-19(17(20)22,18(21)23)16-11-7-4-8-12-16/h3-12,14H,2,13H2,1H3. The maximum Gasteiger partial charge on any atom is 0.211 e.